The zero-order valence-electron chi connectivity index (χ0n) is 40.9. The quantitative estimate of drug-likeness (QED) is 0.0346. The van der Waals surface area contributed by atoms with Gasteiger partial charge in [-0.1, -0.05) is 221 Å². The van der Waals surface area contributed by atoms with Crippen molar-refractivity contribution in [3.05, 3.63) is 85.1 Å². The van der Waals surface area contributed by atoms with E-state index in [0.29, 0.717) is 19.4 Å². The van der Waals surface area contributed by atoms with Gasteiger partial charge in [-0.2, -0.15) is 0 Å². The fourth-order valence-corrected chi connectivity index (χ4v) is 7.05. The minimum absolute atomic E-state index is 0.0520. The van der Waals surface area contributed by atoms with E-state index in [0.717, 1.165) is 77.0 Å². The molecule has 0 aromatic rings. The molecular weight excluding hydrogens is 765 g/mol. The van der Waals surface area contributed by atoms with Crippen LogP contribution < -0.4 is 0 Å². The molecule has 1 atom stereocenters. The van der Waals surface area contributed by atoms with Crippen LogP contribution in [0.1, 0.15) is 239 Å². The van der Waals surface area contributed by atoms with Crippen LogP contribution >= 0.6 is 0 Å². The van der Waals surface area contributed by atoms with Crippen LogP contribution in [0.4, 0.5) is 0 Å². The summed E-state index contributed by atoms with van der Waals surface area (Å²) in [6, 6.07) is 0. The Bertz CT molecular complexity index is 1160. The maximum atomic E-state index is 12.8. The summed E-state index contributed by atoms with van der Waals surface area (Å²) in [5.74, 6) is -0.466. The van der Waals surface area contributed by atoms with E-state index in [1.54, 1.807) is 0 Å². The minimum Gasteiger partial charge on any atom is -0.462 e. The van der Waals surface area contributed by atoms with E-state index in [4.69, 9.17) is 14.2 Å². The summed E-state index contributed by atoms with van der Waals surface area (Å²) in [6.07, 6.45) is 68.8. The van der Waals surface area contributed by atoms with Crippen molar-refractivity contribution >= 4 is 11.9 Å². The third-order valence-electron chi connectivity index (χ3n) is 10.9. The molecule has 0 aromatic heterocycles. The fraction of sp³-hybridized carbons (Fsp3) is 0.719. The van der Waals surface area contributed by atoms with Crippen molar-refractivity contribution in [3.8, 4) is 0 Å². The highest BCUT2D eigenvalue weighted by atomic mass is 16.6. The van der Waals surface area contributed by atoms with Crippen molar-refractivity contribution in [2.45, 2.75) is 245 Å². The summed E-state index contributed by atoms with van der Waals surface area (Å²) in [5, 5.41) is 0. The number of carbonyl (C=O) groups excluding carboxylic acids is 2. The van der Waals surface area contributed by atoms with E-state index in [2.05, 4.69) is 106 Å². The van der Waals surface area contributed by atoms with Gasteiger partial charge in [0.25, 0.3) is 0 Å². The second-order valence-corrected chi connectivity index (χ2v) is 17.0. The van der Waals surface area contributed by atoms with E-state index < -0.39 is 6.10 Å². The highest BCUT2D eigenvalue weighted by molar-refractivity contribution is 5.70. The Balaban J connectivity index is 4.33. The smallest absolute Gasteiger partial charge is 0.306 e. The number of ether oxygens (including phenoxy) is 3. The standard InChI is InChI=1S/C57H98O5/c1-4-7-10-13-16-19-22-24-26-28-30-32-34-37-40-43-46-49-52-60-53-55(62-57(59)51-48-45-42-39-35-21-18-15-12-9-6-3)54-61-56(58)50-47-44-41-38-36-33-31-29-27-25-23-20-17-14-11-8-5-2/h8,11,16-17,19-20,24-27,31,33,38,41,55H,4-7,9-10,12-15,18,21-23,28-30,32,34-37,39-40,42-54H2,1-3H3/b11-8-,19-16-,20-17-,26-24-,27-25-,33-31-,41-38-. The van der Waals surface area contributed by atoms with Gasteiger partial charge in [0.1, 0.15) is 6.61 Å². The summed E-state index contributed by atoms with van der Waals surface area (Å²) in [7, 11) is 0. The third-order valence-corrected chi connectivity index (χ3v) is 10.9. The molecule has 0 bridgehead atoms. The first-order chi connectivity index (χ1) is 30.6. The molecule has 0 spiro atoms. The molecule has 0 saturated carbocycles. The SMILES string of the molecule is CC/C=C\C/C=C\C/C=C\C/C=C\C/C=C\CCCC(=O)OCC(COCCCCCCCCCC/C=C\C/C=C\CCCCC)OC(=O)CCCCCCCCCCCCC. The van der Waals surface area contributed by atoms with Crippen molar-refractivity contribution < 1.29 is 23.8 Å². The number of carbonyl (C=O) groups is 2. The summed E-state index contributed by atoms with van der Waals surface area (Å²) < 4.78 is 17.3. The van der Waals surface area contributed by atoms with Gasteiger partial charge in [-0.05, 0) is 89.9 Å². The van der Waals surface area contributed by atoms with Crippen LogP contribution in [0, 0.1) is 0 Å². The average molecular weight is 863 g/mol. The Kier molecular flexibility index (Phi) is 50.0. The first-order valence-corrected chi connectivity index (χ1v) is 26.1. The van der Waals surface area contributed by atoms with Gasteiger partial charge in [0, 0.05) is 19.4 Å². The molecule has 0 aromatic carbocycles. The highest BCUT2D eigenvalue weighted by Crippen LogP contribution is 2.14. The lowest BCUT2D eigenvalue weighted by Crippen LogP contribution is -2.30. The van der Waals surface area contributed by atoms with Crippen LogP contribution in [0.5, 0.6) is 0 Å². The maximum Gasteiger partial charge on any atom is 0.306 e. The molecule has 0 aliphatic carbocycles. The number of rotatable bonds is 47. The monoisotopic (exact) mass is 863 g/mol. The first kappa shape index (κ1) is 59.1. The lowest BCUT2D eigenvalue weighted by molar-refractivity contribution is -0.163. The van der Waals surface area contributed by atoms with Gasteiger partial charge in [0.2, 0.25) is 0 Å². The van der Waals surface area contributed by atoms with E-state index >= 15 is 0 Å². The molecule has 1 unspecified atom stereocenters. The van der Waals surface area contributed by atoms with Gasteiger partial charge in [-0.25, -0.2) is 0 Å². The predicted octanol–water partition coefficient (Wildman–Crippen LogP) is 17.7. The molecule has 0 aliphatic heterocycles. The Morgan fingerprint density at radius 3 is 1.24 bits per heavy atom. The van der Waals surface area contributed by atoms with Gasteiger partial charge >= 0.3 is 11.9 Å². The van der Waals surface area contributed by atoms with Crippen LogP contribution in [-0.4, -0.2) is 37.9 Å². The maximum absolute atomic E-state index is 12.8. The number of esters is 2. The Hall–Kier alpha value is -2.92. The topological polar surface area (TPSA) is 61.8 Å². The van der Waals surface area contributed by atoms with Crippen molar-refractivity contribution in [2.24, 2.45) is 0 Å². The van der Waals surface area contributed by atoms with Gasteiger partial charge in [-0.15, -0.1) is 0 Å². The third kappa shape index (κ3) is 49.7. The molecule has 0 rings (SSSR count). The van der Waals surface area contributed by atoms with Gasteiger partial charge < -0.3 is 14.2 Å². The lowest BCUT2D eigenvalue weighted by Gasteiger charge is -2.18. The summed E-state index contributed by atoms with van der Waals surface area (Å²) in [6.45, 7) is 7.62. The van der Waals surface area contributed by atoms with Crippen molar-refractivity contribution in [1.82, 2.24) is 0 Å². The molecule has 0 saturated heterocycles. The van der Waals surface area contributed by atoms with Crippen LogP contribution in [0.25, 0.3) is 0 Å². The summed E-state index contributed by atoms with van der Waals surface area (Å²) >= 11 is 0. The van der Waals surface area contributed by atoms with Crippen molar-refractivity contribution in [1.29, 1.82) is 0 Å². The zero-order chi connectivity index (χ0) is 44.9. The normalized spacial score (nSPS) is 12.9. The number of hydrogen-bond donors (Lipinski definition) is 0. The summed E-state index contributed by atoms with van der Waals surface area (Å²) in [4.78, 5) is 25.3. The number of hydrogen-bond acceptors (Lipinski definition) is 5. The van der Waals surface area contributed by atoms with Gasteiger partial charge in [-0.3, -0.25) is 9.59 Å². The molecule has 5 nitrogen and oxygen atoms in total. The Morgan fingerprint density at radius 1 is 0.371 bits per heavy atom. The number of allylic oxidation sites excluding steroid dienone is 14. The molecule has 0 fully saturated rings. The van der Waals surface area contributed by atoms with Gasteiger partial charge in [0.05, 0.1) is 6.61 Å². The van der Waals surface area contributed by atoms with Crippen LogP contribution in [0.3, 0.4) is 0 Å². The van der Waals surface area contributed by atoms with E-state index in [-0.39, 0.29) is 25.2 Å². The van der Waals surface area contributed by atoms with Crippen LogP contribution in [0.2, 0.25) is 0 Å². The molecule has 0 radical (unpaired) electrons. The van der Waals surface area contributed by atoms with Crippen molar-refractivity contribution in [3.63, 3.8) is 0 Å². The van der Waals surface area contributed by atoms with Gasteiger partial charge in [0.15, 0.2) is 6.10 Å². The van der Waals surface area contributed by atoms with E-state index in [1.165, 1.54) is 128 Å². The molecule has 356 valence electrons. The molecule has 0 aliphatic rings. The lowest BCUT2D eigenvalue weighted by atomic mass is 10.1. The molecule has 0 amide bonds. The van der Waals surface area contributed by atoms with Crippen LogP contribution in [0.15, 0.2) is 85.1 Å². The Labute approximate surface area is 384 Å². The average Bonchev–Trinajstić information content (AvgIpc) is 3.27. The largest absolute Gasteiger partial charge is 0.462 e. The molecule has 0 N–H and O–H groups in total. The first-order valence-electron chi connectivity index (χ1n) is 26.1. The van der Waals surface area contributed by atoms with E-state index in [9.17, 15) is 9.59 Å². The van der Waals surface area contributed by atoms with Crippen molar-refractivity contribution in [2.75, 3.05) is 19.8 Å². The molecule has 0 heterocycles. The zero-order valence-corrected chi connectivity index (χ0v) is 40.9. The second-order valence-electron chi connectivity index (χ2n) is 17.0. The minimum atomic E-state index is -0.563. The Morgan fingerprint density at radius 2 is 0.742 bits per heavy atom. The molecular formula is C57H98O5. The van der Waals surface area contributed by atoms with Crippen LogP contribution in [-0.2, 0) is 23.8 Å². The molecule has 62 heavy (non-hydrogen) atoms. The van der Waals surface area contributed by atoms with E-state index in [1.807, 2.05) is 0 Å². The highest BCUT2D eigenvalue weighted by Gasteiger charge is 2.17. The predicted molar refractivity (Wildman–Crippen MR) is 270 cm³/mol. The second kappa shape index (κ2) is 52.4. The molecule has 5 heteroatoms. The summed E-state index contributed by atoms with van der Waals surface area (Å²) in [5.41, 5.74) is 0. The number of unbranched alkanes of at least 4 members (excludes halogenated alkanes) is 22. The fourth-order valence-electron chi connectivity index (χ4n) is 7.05.